The number of hydrogen-bond donors (Lipinski definition) is 3. The van der Waals surface area contributed by atoms with E-state index in [1.165, 1.54) is 32.1 Å². The number of hydrogen-bond acceptors (Lipinski definition) is 8. The van der Waals surface area contributed by atoms with E-state index >= 15 is 0 Å². The molecule has 2 aliphatic rings. The van der Waals surface area contributed by atoms with Crippen molar-refractivity contribution in [1.29, 1.82) is 0 Å². The summed E-state index contributed by atoms with van der Waals surface area (Å²) in [6, 6.07) is 8.97. The average Bonchev–Trinajstić information content (AvgIpc) is 3.65. The Labute approximate surface area is 245 Å². The van der Waals surface area contributed by atoms with Crippen molar-refractivity contribution in [3.05, 3.63) is 73.0 Å². The predicted molar refractivity (Wildman–Crippen MR) is 168 cm³/mol. The average molecular weight is 563 g/mol. The number of piperazine rings is 1. The third kappa shape index (κ3) is 5.42. The number of likely N-dealkylation sites (N-methyl/N-ethyl adjacent to an activating group) is 1. The Morgan fingerprint density at radius 3 is 2.69 bits per heavy atom. The van der Waals surface area contributed by atoms with Crippen LogP contribution in [0.2, 0.25) is 0 Å². The van der Waals surface area contributed by atoms with E-state index in [1.54, 1.807) is 0 Å². The predicted octanol–water partition coefficient (Wildman–Crippen LogP) is 4.92. The van der Waals surface area contributed by atoms with E-state index in [1.807, 2.05) is 35.5 Å². The SMILES string of the molecule is C=C(NC1CCCCC1)c1cnn2ccc(-c3c[nH]c4nc(NCc5ccc(N6CCN(C)CC6)nc5)ncc34)cc12. The number of fused-ring (bicyclic) bond motifs is 2. The molecule has 6 heterocycles. The molecule has 10 heteroatoms. The maximum absolute atomic E-state index is 4.74. The van der Waals surface area contributed by atoms with Gasteiger partial charge < -0.3 is 25.4 Å². The van der Waals surface area contributed by atoms with Gasteiger partial charge in [0.05, 0.1) is 11.7 Å². The minimum Gasteiger partial charge on any atom is -0.382 e. The zero-order chi connectivity index (χ0) is 28.5. The second-order valence-corrected chi connectivity index (χ2v) is 11.6. The topological polar surface area (TPSA) is 102 Å². The number of nitrogens with zero attached hydrogens (tertiary/aromatic N) is 7. The Balaban J connectivity index is 1.04. The molecule has 0 spiro atoms. The molecule has 216 valence electrons. The lowest BCUT2D eigenvalue weighted by atomic mass is 9.95. The largest absolute Gasteiger partial charge is 0.382 e. The number of H-pyrrole nitrogens is 1. The summed E-state index contributed by atoms with van der Waals surface area (Å²) in [7, 11) is 2.16. The third-order valence-corrected chi connectivity index (χ3v) is 8.66. The van der Waals surface area contributed by atoms with Gasteiger partial charge in [-0.2, -0.15) is 10.1 Å². The van der Waals surface area contributed by atoms with Crippen LogP contribution in [0.15, 0.2) is 61.8 Å². The Bertz CT molecular complexity index is 1690. The molecular formula is C32H38N10. The molecule has 0 radical (unpaired) electrons. The van der Waals surface area contributed by atoms with Crippen molar-refractivity contribution < 1.29 is 0 Å². The monoisotopic (exact) mass is 562 g/mol. The third-order valence-electron chi connectivity index (χ3n) is 8.66. The molecule has 1 saturated heterocycles. The lowest BCUT2D eigenvalue weighted by Crippen LogP contribution is -2.44. The summed E-state index contributed by atoms with van der Waals surface area (Å²) in [6.45, 7) is 9.12. The Hall–Kier alpha value is -4.44. The molecule has 1 aliphatic heterocycles. The van der Waals surface area contributed by atoms with Gasteiger partial charge in [0.2, 0.25) is 5.95 Å². The molecular weight excluding hydrogens is 524 g/mol. The van der Waals surface area contributed by atoms with E-state index in [-0.39, 0.29) is 0 Å². The number of rotatable bonds is 8. The van der Waals surface area contributed by atoms with E-state index in [4.69, 9.17) is 9.97 Å². The maximum atomic E-state index is 4.74. The number of aromatic nitrogens is 6. The minimum absolute atomic E-state index is 0.496. The normalized spacial score (nSPS) is 16.7. The minimum atomic E-state index is 0.496. The first kappa shape index (κ1) is 26.5. The molecule has 2 fully saturated rings. The highest BCUT2D eigenvalue weighted by atomic mass is 15.3. The number of nitrogens with one attached hydrogen (secondary N) is 3. The summed E-state index contributed by atoms with van der Waals surface area (Å²) >= 11 is 0. The summed E-state index contributed by atoms with van der Waals surface area (Å²) in [4.78, 5) is 22.1. The summed E-state index contributed by atoms with van der Waals surface area (Å²) < 4.78 is 1.91. The quantitative estimate of drug-likeness (QED) is 0.245. The molecule has 5 aromatic rings. The van der Waals surface area contributed by atoms with Crippen LogP contribution in [-0.2, 0) is 6.54 Å². The molecule has 5 aromatic heterocycles. The first-order valence-corrected chi connectivity index (χ1v) is 15.0. The second kappa shape index (κ2) is 11.4. The fourth-order valence-electron chi connectivity index (χ4n) is 6.11. The van der Waals surface area contributed by atoms with Crippen LogP contribution < -0.4 is 15.5 Å². The summed E-state index contributed by atoms with van der Waals surface area (Å²) in [5.74, 6) is 1.62. The van der Waals surface area contributed by atoms with E-state index in [0.29, 0.717) is 18.5 Å². The first-order valence-electron chi connectivity index (χ1n) is 15.0. The van der Waals surface area contributed by atoms with Crippen LogP contribution in [0.25, 0.3) is 33.4 Å². The van der Waals surface area contributed by atoms with Crippen LogP contribution in [0, 0.1) is 0 Å². The van der Waals surface area contributed by atoms with Crippen LogP contribution in [0.3, 0.4) is 0 Å². The molecule has 7 rings (SSSR count). The summed E-state index contributed by atoms with van der Waals surface area (Å²) in [6.07, 6.45) is 16.0. The van der Waals surface area contributed by atoms with Gasteiger partial charge in [0.15, 0.2) is 0 Å². The van der Waals surface area contributed by atoms with Crippen LogP contribution in [0.5, 0.6) is 0 Å². The van der Waals surface area contributed by atoms with Crippen molar-refractivity contribution in [3.8, 4) is 11.1 Å². The van der Waals surface area contributed by atoms with Gasteiger partial charge in [0, 0.05) is 85.8 Å². The molecule has 1 saturated carbocycles. The van der Waals surface area contributed by atoms with Gasteiger partial charge in [-0.3, -0.25) is 0 Å². The van der Waals surface area contributed by atoms with Crippen molar-refractivity contribution in [3.63, 3.8) is 0 Å². The highest BCUT2D eigenvalue weighted by molar-refractivity contribution is 5.94. The zero-order valence-corrected chi connectivity index (χ0v) is 24.2. The maximum Gasteiger partial charge on any atom is 0.224 e. The van der Waals surface area contributed by atoms with Gasteiger partial charge in [-0.25, -0.2) is 14.5 Å². The molecule has 0 aromatic carbocycles. The van der Waals surface area contributed by atoms with Crippen molar-refractivity contribution in [2.45, 2.75) is 44.7 Å². The van der Waals surface area contributed by atoms with Crippen LogP contribution in [0.4, 0.5) is 11.8 Å². The molecule has 1 aliphatic carbocycles. The fourth-order valence-corrected chi connectivity index (χ4v) is 6.11. The molecule has 0 bridgehead atoms. The highest BCUT2D eigenvalue weighted by Crippen LogP contribution is 2.31. The first-order chi connectivity index (χ1) is 20.6. The van der Waals surface area contributed by atoms with Gasteiger partial charge in [-0.15, -0.1) is 0 Å². The summed E-state index contributed by atoms with van der Waals surface area (Å²) in [5, 5.41) is 12.6. The van der Waals surface area contributed by atoms with Gasteiger partial charge >= 0.3 is 0 Å². The molecule has 10 nitrogen and oxygen atoms in total. The smallest absolute Gasteiger partial charge is 0.224 e. The van der Waals surface area contributed by atoms with E-state index in [0.717, 1.165) is 76.5 Å². The lowest BCUT2D eigenvalue weighted by Gasteiger charge is -2.33. The molecule has 0 atom stereocenters. The van der Waals surface area contributed by atoms with Crippen molar-refractivity contribution in [2.75, 3.05) is 43.4 Å². The highest BCUT2D eigenvalue weighted by Gasteiger charge is 2.18. The number of aromatic amines is 1. The van der Waals surface area contributed by atoms with E-state index in [9.17, 15) is 0 Å². The number of anilines is 2. The standard InChI is InChI=1S/C32H38N10/c1-22(38-25-6-4-3-5-7-25)26-21-37-42-11-10-24(16-29(26)42)27-19-34-31-28(27)20-36-32(39-31)35-18-23-8-9-30(33-17-23)41-14-12-40(2)13-15-41/h8-11,16-17,19-21,25,38H,1,3-7,12-15,18H2,2H3,(H2,34,35,36,39). The van der Waals surface area contributed by atoms with Crippen LogP contribution in [-0.4, -0.2) is 73.7 Å². The summed E-state index contributed by atoms with van der Waals surface area (Å²) in [5.41, 5.74) is 7.03. The van der Waals surface area contributed by atoms with E-state index in [2.05, 4.69) is 73.4 Å². The van der Waals surface area contributed by atoms with E-state index < -0.39 is 0 Å². The Morgan fingerprint density at radius 1 is 1.02 bits per heavy atom. The second-order valence-electron chi connectivity index (χ2n) is 11.6. The molecule has 3 N–H and O–H groups in total. The lowest BCUT2D eigenvalue weighted by molar-refractivity contribution is 0.312. The molecule has 0 unspecified atom stereocenters. The van der Waals surface area contributed by atoms with Gasteiger partial charge in [-0.1, -0.05) is 31.9 Å². The Morgan fingerprint density at radius 2 is 1.88 bits per heavy atom. The van der Waals surface area contributed by atoms with Crippen LogP contribution >= 0.6 is 0 Å². The van der Waals surface area contributed by atoms with Gasteiger partial charge in [0.1, 0.15) is 11.5 Å². The number of pyridine rings is 2. The zero-order valence-electron chi connectivity index (χ0n) is 24.2. The van der Waals surface area contributed by atoms with Crippen LogP contribution in [0.1, 0.15) is 43.2 Å². The van der Waals surface area contributed by atoms with Crippen molar-refractivity contribution >= 4 is 34.0 Å². The van der Waals surface area contributed by atoms with Gasteiger partial charge in [-0.05, 0) is 49.2 Å². The Kier molecular flexibility index (Phi) is 7.21. The molecule has 0 amide bonds. The van der Waals surface area contributed by atoms with Gasteiger partial charge in [0.25, 0.3) is 0 Å². The van der Waals surface area contributed by atoms with Crippen molar-refractivity contribution in [2.24, 2.45) is 0 Å². The fraction of sp³-hybridized carbons (Fsp3) is 0.375. The molecule has 42 heavy (non-hydrogen) atoms. The van der Waals surface area contributed by atoms with Crippen molar-refractivity contribution in [1.82, 2.24) is 39.8 Å².